The molecule has 1 aromatic heterocycles. The van der Waals surface area contributed by atoms with E-state index in [1.807, 2.05) is 59.5 Å². The summed E-state index contributed by atoms with van der Waals surface area (Å²) >= 11 is 0. The smallest absolute Gasteiger partial charge is 0.251 e. The molecule has 0 bridgehead atoms. The number of rotatable bonds is 7. The van der Waals surface area contributed by atoms with Crippen molar-refractivity contribution in [2.45, 2.75) is 31.8 Å². The van der Waals surface area contributed by atoms with E-state index < -0.39 is 0 Å². The lowest BCUT2D eigenvalue weighted by atomic mass is 10.1. The van der Waals surface area contributed by atoms with Gasteiger partial charge in [0.05, 0.1) is 0 Å². The zero-order valence-electron chi connectivity index (χ0n) is 15.7. The van der Waals surface area contributed by atoms with Gasteiger partial charge in [0.15, 0.2) is 0 Å². The number of aromatic nitrogens is 1. The van der Waals surface area contributed by atoms with E-state index in [2.05, 4.69) is 10.3 Å². The number of nitrogens with one attached hydrogen (secondary N) is 1. The van der Waals surface area contributed by atoms with Gasteiger partial charge in [-0.15, -0.1) is 0 Å². The van der Waals surface area contributed by atoms with Gasteiger partial charge >= 0.3 is 0 Å². The Morgan fingerprint density at radius 2 is 1.86 bits per heavy atom. The van der Waals surface area contributed by atoms with Crippen LogP contribution in [0.1, 0.15) is 35.2 Å². The molecule has 0 saturated heterocycles. The predicted octanol–water partition coefficient (Wildman–Crippen LogP) is 3.55. The van der Waals surface area contributed by atoms with Gasteiger partial charge < -0.3 is 10.2 Å². The Hall–Kier alpha value is -3.21. The van der Waals surface area contributed by atoms with E-state index in [1.54, 1.807) is 12.4 Å². The van der Waals surface area contributed by atoms with Crippen molar-refractivity contribution >= 4 is 22.6 Å². The first kappa shape index (κ1) is 18.2. The summed E-state index contributed by atoms with van der Waals surface area (Å²) in [6.45, 7) is 0.913. The number of hydrogen-bond donors (Lipinski definition) is 1. The van der Waals surface area contributed by atoms with Crippen LogP contribution in [0.25, 0.3) is 10.8 Å². The van der Waals surface area contributed by atoms with Crippen LogP contribution in [0.15, 0.2) is 67.0 Å². The fraction of sp³-hybridized carbons (Fsp3) is 0.261. The van der Waals surface area contributed by atoms with E-state index in [-0.39, 0.29) is 11.8 Å². The lowest BCUT2D eigenvalue weighted by Gasteiger charge is -2.22. The van der Waals surface area contributed by atoms with Crippen LogP contribution in [0.2, 0.25) is 0 Å². The molecule has 0 radical (unpaired) electrons. The summed E-state index contributed by atoms with van der Waals surface area (Å²) in [6.07, 6.45) is 5.93. The quantitative estimate of drug-likeness (QED) is 0.689. The first-order chi connectivity index (χ1) is 13.7. The molecule has 1 heterocycles. The van der Waals surface area contributed by atoms with Crippen molar-refractivity contribution in [2.24, 2.45) is 0 Å². The molecule has 3 aromatic rings. The Morgan fingerprint density at radius 1 is 1.04 bits per heavy atom. The number of benzene rings is 2. The number of carbonyl (C=O) groups is 2. The van der Waals surface area contributed by atoms with Crippen molar-refractivity contribution < 1.29 is 9.59 Å². The van der Waals surface area contributed by atoms with E-state index in [0.717, 1.165) is 29.2 Å². The molecule has 142 valence electrons. The van der Waals surface area contributed by atoms with Gasteiger partial charge in [-0.1, -0.05) is 36.4 Å². The monoisotopic (exact) mass is 373 g/mol. The second-order valence-electron chi connectivity index (χ2n) is 7.18. The lowest BCUT2D eigenvalue weighted by Crippen LogP contribution is -2.35. The fourth-order valence-electron chi connectivity index (χ4n) is 3.35. The van der Waals surface area contributed by atoms with Crippen molar-refractivity contribution in [1.82, 2.24) is 15.2 Å². The van der Waals surface area contributed by atoms with Gasteiger partial charge in [-0.3, -0.25) is 14.6 Å². The summed E-state index contributed by atoms with van der Waals surface area (Å²) in [4.78, 5) is 31.1. The zero-order chi connectivity index (χ0) is 19.3. The van der Waals surface area contributed by atoms with Gasteiger partial charge in [0.25, 0.3) is 5.91 Å². The van der Waals surface area contributed by atoms with Crippen LogP contribution in [-0.4, -0.2) is 34.3 Å². The maximum Gasteiger partial charge on any atom is 0.251 e. The molecule has 1 aliphatic carbocycles. The summed E-state index contributed by atoms with van der Waals surface area (Å²) in [6, 6.07) is 17.8. The summed E-state index contributed by atoms with van der Waals surface area (Å²) in [5.74, 6) is -0.0750. The number of amides is 2. The Kier molecular flexibility index (Phi) is 5.33. The molecule has 0 unspecified atom stereocenters. The topological polar surface area (TPSA) is 62.3 Å². The van der Waals surface area contributed by atoms with Crippen LogP contribution >= 0.6 is 0 Å². The molecule has 28 heavy (non-hydrogen) atoms. The largest absolute Gasteiger partial charge is 0.352 e. The molecular weight excluding hydrogens is 350 g/mol. The van der Waals surface area contributed by atoms with E-state index in [9.17, 15) is 9.59 Å². The molecule has 0 atom stereocenters. The van der Waals surface area contributed by atoms with Gasteiger partial charge in [0.1, 0.15) is 0 Å². The van der Waals surface area contributed by atoms with Crippen molar-refractivity contribution in [3.8, 4) is 0 Å². The van der Waals surface area contributed by atoms with Crippen LogP contribution in [-0.2, 0) is 11.3 Å². The molecule has 1 aliphatic rings. The summed E-state index contributed by atoms with van der Waals surface area (Å²) in [7, 11) is 0. The summed E-state index contributed by atoms with van der Waals surface area (Å²) in [5, 5.41) is 5.01. The molecule has 2 amide bonds. The van der Waals surface area contributed by atoms with Crippen LogP contribution < -0.4 is 5.32 Å². The van der Waals surface area contributed by atoms with E-state index in [1.165, 1.54) is 0 Å². The lowest BCUT2D eigenvalue weighted by molar-refractivity contribution is -0.132. The molecule has 4 rings (SSSR count). The van der Waals surface area contributed by atoms with E-state index in [4.69, 9.17) is 0 Å². The molecule has 0 aliphatic heterocycles. The maximum absolute atomic E-state index is 12.7. The minimum atomic E-state index is -0.149. The third-order valence-corrected chi connectivity index (χ3v) is 5.02. The van der Waals surface area contributed by atoms with Gasteiger partial charge in [0.2, 0.25) is 5.91 Å². The van der Waals surface area contributed by atoms with E-state index in [0.29, 0.717) is 31.1 Å². The SMILES string of the molecule is O=C(NCCC(=O)N(Cc1cccnc1)C1CC1)c1ccc2ccccc2c1. The zero-order valence-corrected chi connectivity index (χ0v) is 15.7. The Labute approximate surface area is 164 Å². The maximum atomic E-state index is 12.7. The summed E-state index contributed by atoms with van der Waals surface area (Å²) in [5.41, 5.74) is 1.64. The second-order valence-corrected chi connectivity index (χ2v) is 7.18. The van der Waals surface area contributed by atoms with Gasteiger partial charge in [-0.2, -0.15) is 0 Å². The van der Waals surface area contributed by atoms with Gasteiger partial charge in [0, 0.05) is 43.5 Å². The van der Waals surface area contributed by atoms with Crippen LogP contribution in [0.3, 0.4) is 0 Å². The number of hydrogen-bond acceptors (Lipinski definition) is 3. The number of carbonyl (C=O) groups excluding carboxylic acids is 2. The second kappa shape index (κ2) is 8.21. The highest BCUT2D eigenvalue weighted by Gasteiger charge is 2.32. The summed E-state index contributed by atoms with van der Waals surface area (Å²) < 4.78 is 0. The number of pyridine rings is 1. The normalized spacial score (nSPS) is 13.3. The average molecular weight is 373 g/mol. The van der Waals surface area contributed by atoms with Gasteiger partial charge in [-0.25, -0.2) is 0 Å². The first-order valence-corrected chi connectivity index (χ1v) is 9.66. The van der Waals surface area contributed by atoms with Crippen molar-refractivity contribution in [1.29, 1.82) is 0 Å². The van der Waals surface area contributed by atoms with Crippen LogP contribution in [0, 0.1) is 0 Å². The Bertz CT molecular complexity index is 983. The Balaban J connectivity index is 1.32. The predicted molar refractivity (Wildman–Crippen MR) is 109 cm³/mol. The molecular formula is C23H23N3O2. The van der Waals surface area contributed by atoms with Crippen molar-refractivity contribution in [2.75, 3.05) is 6.54 Å². The molecule has 5 nitrogen and oxygen atoms in total. The minimum absolute atomic E-state index is 0.0742. The standard InChI is InChI=1S/C23H23N3O2/c27-22(26(21-9-10-21)16-17-4-3-12-24-15-17)11-13-25-23(28)20-8-7-18-5-1-2-6-19(18)14-20/h1-8,12,14-15,21H,9-11,13,16H2,(H,25,28). The Morgan fingerprint density at radius 3 is 2.61 bits per heavy atom. The molecule has 5 heteroatoms. The van der Waals surface area contributed by atoms with Crippen LogP contribution in [0.4, 0.5) is 0 Å². The highest BCUT2D eigenvalue weighted by atomic mass is 16.2. The van der Waals surface area contributed by atoms with Crippen molar-refractivity contribution in [3.05, 3.63) is 78.1 Å². The van der Waals surface area contributed by atoms with Crippen LogP contribution in [0.5, 0.6) is 0 Å². The first-order valence-electron chi connectivity index (χ1n) is 9.66. The molecule has 2 aromatic carbocycles. The molecule has 0 spiro atoms. The third-order valence-electron chi connectivity index (χ3n) is 5.02. The van der Waals surface area contributed by atoms with E-state index >= 15 is 0 Å². The number of nitrogens with zero attached hydrogens (tertiary/aromatic N) is 2. The van der Waals surface area contributed by atoms with Gasteiger partial charge in [-0.05, 0) is 47.4 Å². The van der Waals surface area contributed by atoms with Crippen molar-refractivity contribution in [3.63, 3.8) is 0 Å². The average Bonchev–Trinajstić information content (AvgIpc) is 3.57. The molecule has 1 fully saturated rings. The highest BCUT2D eigenvalue weighted by molar-refractivity contribution is 5.98. The minimum Gasteiger partial charge on any atom is -0.352 e. The number of fused-ring (bicyclic) bond motifs is 1. The molecule has 1 saturated carbocycles. The fourth-order valence-corrected chi connectivity index (χ4v) is 3.35. The highest BCUT2D eigenvalue weighted by Crippen LogP contribution is 2.28. The molecule has 1 N–H and O–H groups in total. The third kappa shape index (κ3) is 4.36.